The summed E-state index contributed by atoms with van der Waals surface area (Å²) in [7, 11) is 0. The molecule has 1 aliphatic rings. The van der Waals surface area contributed by atoms with Crippen molar-refractivity contribution in [3.8, 4) is 0 Å². The summed E-state index contributed by atoms with van der Waals surface area (Å²) >= 11 is 0. The molecule has 1 amide bonds. The lowest BCUT2D eigenvalue weighted by Crippen LogP contribution is -2.46. The van der Waals surface area contributed by atoms with Crippen LogP contribution in [0.25, 0.3) is 10.8 Å². The van der Waals surface area contributed by atoms with Crippen molar-refractivity contribution in [2.75, 3.05) is 0 Å². The SMILES string of the molecule is O=C(O)c1cccc2cccc(C(=O)NC3CC(O)C3)c12. The maximum Gasteiger partial charge on any atom is 0.336 e. The van der Waals surface area contributed by atoms with Crippen molar-refractivity contribution < 1.29 is 19.8 Å². The first-order valence-corrected chi connectivity index (χ1v) is 6.80. The van der Waals surface area contributed by atoms with E-state index in [-0.39, 0.29) is 23.6 Å². The largest absolute Gasteiger partial charge is 0.478 e. The normalized spacial score (nSPS) is 20.8. The predicted octanol–water partition coefficient (Wildman–Crippen LogP) is 1.79. The molecule has 0 aromatic heterocycles. The third-order valence-electron chi connectivity index (χ3n) is 3.83. The fourth-order valence-corrected chi connectivity index (χ4v) is 2.68. The maximum atomic E-state index is 12.4. The third-order valence-corrected chi connectivity index (χ3v) is 3.83. The van der Waals surface area contributed by atoms with E-state index in [1.807, 2.05) is 0 Å². The number of carbonyl (C=O) groups is 2. The second-order valence-electron chi connectivity index (χ2n) is 5.31. The average Bonchev–Trinajstić information content (AvgIpc) is 2.44. The minimum atomic E-state index is -1.06. The molecular formula is C16H15NO4. The van der Waals surface area contributed by atoms with Gasteiger partial charge in [0.2, 0.25) is 0 Å². The Labute approximate surface area is 121 Å². The van der Waals surface area contributed by atoms with Gasteiger partial charge in [-0.25, -0.2) is 4.79 Å². The molecule has 0 unspecified atom stereocenters. The fraction of sp³-hybridized carbons (Fsp3) is 0.250. The quantitative estimate of drug-likeness (QED) is 0.802. The van der Waals surface area contributed by atoms with Crippen LogP contribution in [0.3, 0.4) is 0 Å². The van der Waals surface area contributed by atoms with E-state index in [9.17, 15) is 19.8 Å². The minimum absolute atomic E-state index is 0.0419. The molecule has 1 fully saturated rings. The summed E-state index contributed by atoms with van der Waals surface area (Å²) < 4.78 is 0. The highest BCUT2D eigenvalue weighted by molar-refractivity contribution is 6.14. The van der Waals surface area contributed by atoms with Crippen molar-refractivity contribution in [3.63, 3.8) is 0 Å². The molecule has 2 aromatic carbocycles. The molecule has 0 radical (unpaired) electrons. The summed E-state index contributed by atoms with van der Waals surface area (Å²) in [4.78, 5) is 23.7. The van der Waals surface area contributed by atoms with Crippen molar-refractivity contribution in [1.29, 1.82) is 0 Å². The second kappa shape index (κ2) is 5.18. The van der Waals surface area contributed by atoms with Crippen LogP contribution in [0.15, 0.2) is 36.4 Å². The monoisotopic (exact) mass is 285 g/mol. The Morgan fingerprint density at radius 2 is 1.67 bits per heavy atom. The zero-order valence-electron chi connectivity index (χ0n) is 11.2. The molecule has 5 heteroatoms. The van der Waals surface area contributed by atoms with E-state index in [4.69, 9.17) is 0 Å². The number of rotatable bonds is 3. The molecule has 3 rings (SSSR count). The Kier molecular flexibility index (Phi) is 3.35. The van der Waals surface area contributed by atoms with Crippen LogP contribution in [0.4, 0.5) is 0 Å². The van der Waals surface area contributed by atoms with Gasteiger partial charge in [0.15, 0.2) is 0 Å². The summed E-state index contributed by atoms with van der Waals surface area (Å²) in [6, 6.07) is 10.0. The standard InChI is InChI=1S/C16H15NO4/c18-11-7-10(8-11)17-15(19)12-5-1-3-9-4-2-6-13(14(9)12)16(20)21/h1-6,10-11,18H,7-8H2,(H,17,19)(H,20,21). The van der Waals surface area contributed by atoms with Gasteiger partial charge in [-0.1, -0.05) is 24.3 Å². The molecule has 21 heavy (non-hydrogen) atoms. The molecule has 0 bridgehead atoms. The number of hydrogen-bond acceptors (Lipinski definition) is 3. The number of aliphatic hydroxyl groups is 1. The Morgan fingerprint density at radius 1 is 1.05 bits per heavy atom. The topological polar surface area (TPSA) is 86.6 Å². The lowest BCUT2D eigenvalue weighted by Gasteiger charge is -2.32. The highest BCUT2D eigenvalue weighted by atomic mass is 16.4. The third kappa shape index (κ3) is 2.48. The molecule has 0 heterocycles. The molecule has 2 aromatic rings. The number of carboxylic acid groups (broad SMARTS) is 1. The number of aromatic carboxylic acids is 1. The number of carboxylic acids is 1. The minimum Gasteiger partial charge on any atom is -0.478 e. The van der Waals surface area contributed by atoms with Gasteiger partial charge in [0, 0.05) is 17.0 Å². The summed E-state index contributed by atoms with van der Waals surface area (Å²) in [5, 5.41) is 22.6. The molecule has 5 nitrogen and oxygen atoms in total. The number of aliphatic hydroxyl groups excluding tert-OH is 1. The fourth-order valence-electron chi connectivity index (χ4n) is 2.68. The van der Waals surface area contributed by atoms with Gasteiger partial charge in [-0.15, -0.1) is 0 Å². The lowest BCUT2D eigenvalue weighted by atomic mass is 9.89. The van der Waals surface area contributed by atoms with Gasteiger partial charge in [-0.3, -0.25) is 4.79 Å². The van der Waals surface area contributed by atoms with Crippen molar-refractivity contribution in [2.45, 2.75) is 25.0 Å². The van der Waals surface area contributed by atoms with Crippen molar-refractivity contribution in [1.82, 2.24) is 5.32 Å². The van der Waals surface area contributed by atoms with Crippen molar-refractivity contribution in [3.05, 3.63) is 47.5 Å². The van der Waals surface area contributed by atoms with Crippen LogP contribution in [0.2, 0.25) is 0 Å². The van der Waals surface area contributed by atoms with Gasteiger partial charge in [-0.05, 0) is 30.4 Å². The van der Waals surface area contributed by atoms with Crippen molar-refractivity contribution in [2.24, 2.45) is 0 Å². The molecule has 108 valence electrons. The molecule has 0 saturated heterocycles. The number of hydrogen-bond donors (Lipinski definition) is 3. The Balaban J connectivity index is 2.01. The average molecular weight is 285 g/mol. The van der Waals surface area contributed by atoms with Crippen LogP contribution in [0.1, 0.15) is 33.6 Å². The first kappa shape index (κ1) is 13.6. The number of amides is 1. The van der Waals surface area contributed by atoms with E-state index >= 15 is 0 Å². The second-order valence-corrected chi connectivity index (χ2v) is 5.31. The molecule has 3 N–H and O–H groups in total. The molecule has 0 aliphatic heterocycles. The van der Waals surface area contributed by atoms with E-state index in [1.54, 1.807) is 30.3 Å². The molecule has 0 spiro atoms. The van der Waals surface area contributed by atoms with Gasteiger partial charge in [-0.2, -0.15) is 0 Å². The van der Waals surface area contributed by atoms with Gasteiger partial charge in [0.25, 0.3) is 5.91 Å². The van der Waals surface area contributed by atoms with Gasteiger partial charge in [0.05, 0.1) is 11.7 Å². The first-order valence-electron chi connectivity index (χ1n) is 6.80. The van der Waals surface area contributed by atoms with E-state index < -0.39 is 5.97 Å². The first-order chi connectivity index (χ1) is 10.1. The number of fused-ring (bicyclic) bond motifs is 1. The van der Waals surface area contributed by atoms with E-state index in [0.717, 1.165) is 5.39 Å². The lowest BCUT2D eigenvalue weighted by molar-refractivity contribution is 0.0563. The molecule has 0 atom stereocenters. The van der Waals surface area contributed by atoms with Gasteiger partial charge in [0.1, 0.15) is 0 Å². The summed E-state index contributed by atoms with van der Waals surface area (Å²) in [5.41, 5.74) is 0.471. The highest BCUT2D eigenvalue weighted by Gasteiger charge is 2.29. The zero-order chi connectivity index (χ0) is 15.0. The van der Waals surface area contributed by atoms with Crippen LogP contribution < -0.4 is 5.32 Å². The highest BCUT2D eigenvalue weighted by Crippen LogP contribution is 2.25. The molecule has 1 aliphatic carbocycles. The number of benzene rings is 2. The summed E-state index contributed by atoms with van der Waals surface area (Å²) in [6.07, 6.45) is 0.738. The van der Waals surface area contributed by atoms with E-state index in [0.29, 0.717) is 23.8 Å². The number of nitrogens with one attached hydrogen (secondary N) is 1. The van der Waals surface area contributed by atoms with Crippen LogP contribution in [0.5, 0.6) is 0 Å². The van der Waals surface area contributed by atoms with Crippen molar-refractivity contribution >= 4 is 22.6 Å². The summed E-state index contributed by atoms with van der Waals surface area (Å²) in [5.74, 6) is -1.36. The summed E-state index contributed by atoms with van der Waals surface area (Å²) in [6.45, 7) is 0. The smallest absolute Gasteiger partial charge is 0.336 e. The molecule has 1 saturated carbocycles. The van der Waals surface area contributed by atoms with Gasteiger partial charge >= 0.3 is 5.97 Å². The Hall–Kier alpha value is -2.40. The Bertz CT molecular complexity index is 714. The zero-order valence-corrected chi connectivity index (χ0v) is 11.2. The van der Waals surface area contributed by atoms with Crippen LogP contribution in [-0.4, -0.2) is 34.2 Å². The maximum absolute atomic E-state index is 12.4. The van der Waals surface area contributed by atoms with Crippen LogP contribution in [-0.2, 0) is 0 Å². The Morgan fingerprint density at radius 3 is 2.24 bits per heavy atom. The van der Waals surface area contributed by atoms with Crippen LogP contribution >= 0.6 is 0 Å². The molecular weight excluding hydrogens is 270 g/mol. The van der Waals surface area contributed by atoms with Gasteiger partial charge < -0.3 is 15.5 Å². The van der Waals surface area contributed by atoms with E-state index in [1.165, 1.54) is 6.07 Å². The van der Waals surface area contributed by atoms with E-state index in [2.05, 4.69) is 5.32 Å². The predicted molar refractivity (Wildman–Crippen MR) is 77.4 cm³/mol. The number of carbonyl (C=O) groups excluding carboxylic acids is 1. The van der Waals surface area contributed by atoms with Crippen LogP contribution in [0, 0.1) is 0 Å².